The summed E-state index contributed by atoms with van der Waals surface area (Å²) in [5.41, 5.74) is 4.28. The molecular weight excluding hydrogens is 388 g/mol. The molecule has 4 nitrogen and oxygen atoms in total. The highest BCUT2D eigenvalue weighted by Gasteiger charge is 2.51. The van der Waals surface area contributed by atoms with Crippen LogP contribution in [0.25, 0.3) is 0 Å². The van der Waals surface area contributed by atoms with Crippen molar-refractivity contribution in [1.82, 2.24) is 0 Å². The molecule has 0 radical (unpaired) electrons. The molecule has 7 atom stereocenters. The van der Waals surface area contributed by atoms with E-state index in [2.05, 4.69) is 32.6 Å². The van der Waals surface area contributed by atoms with Crippen LogP contribution in [0, 0.1) is 23.2 Å². The monoisotopic (exact) mass is 426 g/mol. The SMILES string of the molecule is C=C1/C(=C\C=C2/CCC[C@]3(C)[C@@H]([C@H](C)C[C@@H]4C=C(C)C(=O)O4)CC[C@@H]23)C[C@@H](O)C[C@@H]1O. The lowest BCUT2D eigenvalue weighted by Crippen LogP contribution is -2.36. The zero-order valence-corrected chi connectivity index (χ0v) is 19.3. The highest BCUT2D eigenvalue weighted by molar-refractivity contribution is 5.90. The molecule has 3 fully saturated rings. The molecule has 4 rings (SSSR count). The minimum atomic E-state index is -0.635. The van der Waals surface area contributed by atoms with Crippen molar-refractivity contribution < 1.29 is 19.7 Å². The topological polar surface area (TPSA) is 66.8 Å². The summed E-state index contributed by atoms with van der Waals surface area (Å²) < 4.78 is 5.53. The summed E-state index contributed by atoms with van der Waals surface area (Å²) in [6.45, 7) is 10.7. The Hall–Kier alpha value is -1.65. The van der Waals surface area contributed by atoms with E-state index in [1.165, 1.54) is 31.3 Å². The smallest absolute Gasteiger partial charge is 0.334 e. The van der Waals surface area contributed by atoms with Gasteiger partial charge in [-0.1, -0.05) is 38.2 Å². The Bertz CT molecular complexity index is 834. The maximum Gasteiger partial charge on any atom is 0.334 e. The van der Waals surface area contributed by atoms with Gasteiger partial charge in [-0.2, -0.15) is 0 Å². The number of rotatable bonds is 4. The van der Waals surface area contributed by atoms with Crippen LogP contribution in [0.4, 0.5) is 0 Å². The molecule has 1 heterocycles. The van der Waals surface area contributed by atoms with Gasteiger partial charge in [-0.3, -0.25) is 0 Å². The maximum atomic E-state index is 11.7. The van der Waals surface area contributed by atoms with Crippen molar-refractivity contribution in [2.75, 3.05) is 0 Å². The summed E-state index contributed by atoms with van der Waals surface area (Å²) in [4.78, 5) is 11.7. The number of allylic oxidation sites excluding steroid dienone is 3. The normalized spacial score (nSPS) is 42.0. The van der Waals surface area contributed by atoms with Gasteiger partial charge in [0, 0.05) is 12.0 Å². The van der Waals surface area contributed by atoms with E-state index < -0.39 is 12.2 Å². The molecular formula is C27H38O4. The number of ether oxygens (including phenoxy) is 1. The van der Waals surface area contributed by atoms with Crippen molar-refractivity contribution in [2.45, 2.75) is 90.4 Å². The second-order valence-corrected chi connectivity index (χ2v) is 10.7. The van der Waals surface area contributed by atoms with Gasteiger partial charge < -0.3 is 14.9 Å². The van der Waals surface area contributed by atoms with E-state index in [0.29, 0.717) is 30.6 Å². The van der Waals surface area contributed by atoms with Crippen LogP contribution in [0.1, 0.15) is 72.1 Å². The first kappa shape index (κ1) is 22.5. The number of hydrogen-bond acceptors (Lipinski definition) is 4. The molecule has 0 spiro atoms. The number of esters is 1. The molecule has 2 N–H and O–H groups in total. The summed E-state index contributed by atoms with van der Waals surface area (Å²) in [6, 6.07) is 0. The quantitative estimate of drug-likeness (QED) is 0.619. The number of fused-ring (bicyclic) bond motifs is 1. The van der Waals surface area contributed by atoms with Crippen LogP contribution in [0.3, 0.4) is 0 Å². The van der Waals surface area contributed by atoms with Crippen LogP contribution in [-0.2, 0) is 9.53 Å². The van der Waals surface area contributed by atoms with Gasteiger partial charge in [-0.15, -0.1) is 0 Å². The third-order valence-electron chi connectivity index (χ3n) is 8.61. The predicted octanol–water partition coefficient (Wildman–Crippen LogP) is 5.03. The average Bonchev–Trinajstić information content (AvgIpc) is 3.22. The number of carbonyl (C=O) groups is 1. The molecule has 1 aliphatic heterocycles. The molecule has 4 heteroatoms. The van der Waals surface area contributed by atoms with Crippen molar-refractivity contribution in [3.8, 4) is 0 Å². The lowest BCUT2D eigenvalue weighted by atomic mass is 9.60. The third-order valence-corrected chi connectivity index (χ3v) is 8.61. The standard InChI is InChI=1S/C27H38O4/c1-16(12-22-13-17(2)26(30)31-22)23-9-10-24-19(6-5-11-27(23,24)4)7-8-20-14-21(28)15-25(29)18(20)3/h7-8,13,16,21-25,28-29H,3,5-6,9-12,14-15H2,1-2,4H3/b19-7+,20-8-/t16-,21-,22-,23-,24+,25+,27-/m1/s1. The second kappa shape index (κ2) is 8.71. The van der Waals surface area contributed by atoms with Gasteiger partial charge in [0.25, 0.3) is 0 Å². The summed E-state index contributed by atoms with van der Waals surface area (Å²) in [6.07, 6.45) is 13.1. The third kappa shape index (κ3) is 4.34. The Labute approximate surface area is 186 Å². The van der Waals surface area contributed by atoms with Crippen molar-refractivity contribution in [3.63, 3.8) is 0 Å². The Balaban J connectivity index is 1.48. The summed E-state index contributed by atoms with van der Waals surface area (Å²) in [7, 11) is 0. The fourth-order valence-electron chi connectivity index (χ4n) is 6.94. The summed E-state index contributed by atoms with van der Waals surface area (Å²) >= 11 is 0. The molecule has 3 saturated carbocycles. The first-order chi connectivity index (χ1) is 14.7. The molecule has 0 aromatic heterocycles. The molecule has 0 amide bonds. The number of aliphatic hydroxyl groups excluding tert-OH is 2. The lowest BCUT2D eigenvalue weighted by molar-refractivity contribution is -0.140. The van der Waals surface area contributed by atoms with Crippen LogP contribution >= 0.6 is 0 Å². The van der Waals surface area contributed by atoms with Gasteiger partial charge in [0.2, 0.25) is 0 Å². The van der Waals surface area contributed by atoms with Crippen molar-refractivity contribution in [1.29, 1.82) is 0 Å². The van der Waals surface area contributed by atoms with E-state index in [9.17, 15) is 15.0 Å². The Morgan fingerprint density at radius 2 is 2.10 bits per heavy atom. The second-order valence-electron chi connectivity index (χ2n) is 10.7. The molecule has 0 bridgehead atoms. The maximum absolute atomic E-state index is 11.7. The lowest BCUT2D eigenvalue weighted by Gasteiger charge is -2.44. The van der Waals surface area contributed by atoms with Crippen LogP contribution in [0.2, 0.25) is 0 Å². The largest absolute Gasteiger partial charge is 0.455 e. The van der Waals surface area contributed by atoms with E-state index in [4.69, 9.17) is 4.74 Å². The van der Waals surface area contributed by atoms with Gasteiger partial charge in [-0.25, -0.2) is 4.79 Å². The van der Waals surface area contributed by atoms with Crippen molar-refractivity contribution >= 4 is 5.97 Å². The highest BCUT2D eigenvalue weighted by Crippen LogP contribution is 2.60. The molecule has 0 unspecified atom stereocenters. The Morgan fingerprint density at radius 1 is 1.32 bits per heavy atom. The Kier molecular flexibility index (Phi) is 6.33. The van der Waals surface area contributed by atoms with Crippen LogP contribution in [0.15, 0.2) is 47.1 Å². The predicted molar refractivity (Wildman–Crippen MR) is 122 cm³/mol. The van der Waals surface area contributed by atoms with E-state index in [1.807, 2.05) is 13.0 Å². The van der Waals surface area contributed by atoms with Gasteiger partial charge in [-0.05, 0) is 92.3 Å². The molecule has 0 saturated heterocycles. The van der Waals surface area contributed by atoms with Gasteiger partial charge in [0.1, 0.15) is 6.10 Å². The van der Waals surface area contributed by atoms with Crippen molar-refractivity contribution in [3.05, 3.63) is 47.1 Å². The summed E-state index contributed by atoms with van der Waals surface area (Å²) in [5.74, 6) is 1.56. The fraction of sp³-hybridized carbons (Fsp3) is 0.667. The number of aliphatic hydroxyl groups is 2. The van der Waals surface area contributed by atoms with Gasteiger partial charge >= 0.3 is 5.97 Å². The van der Waals surface area contributed by atoms with E-state index in [1.54, 1.807) is 0 Å². The minimum absolute atomic E-state index is 0.0661. The molecule has 31 heavy (non-hydrogen) atoms. The first-order valence-electron chi connectivity index (χ1n) is 12.0. The number of carbonyl (C=O) groups excluding carboxylic acids is 1. The molecule has 4 aliphatic rings. The molecule has 0 aromatic carbocycles. The van der Waals surface area contributed by atoms with Crippen LogP contribution < -0.4 is 0 Å². The van der Waals surface area contributed by atoms with Gasteiger partial charge in [0.05, 0.1) is 12.2 Å². The van der Waals surface area contributed by atoms with Crippen LogP contribution in [0.5, 0.6) is 0 Å². The highest BCUT2D eigenvalue weighted by atomic mass is 16.5. The fourth-order valence-corrected chi connectivity index (χ4v) is 6.94. The Morgan fingerprint density at radius 3 is 2.81 bits per heavy atom. The molecule has 170 valence electrons. The molecule has 3 aliphatic carbocycles. The van der Waals surface area contributed by atoms with E-state index >= 15 is 0 Å². The number of hydrogen-bond donors (Lipinski definition) is 2. The van der Waals surface area contributed by atoms with E-state index in [-0.39, 0.29) is 17.5 Å². The van der Waals surface area contributed by atoms with Gasteiger partial charge in [0.15, 0.2) is 0 Å². The number of cyclic esters (lactones) is 1. The van der Waals surface area contributed by atoms with Crippen molar-refractivity contribution in [2.24, 2.45) is 23.2 Å². The first-order valence-corrected chi connectivity index (χ1v) is 12.0. The zero-order chi connectivity index (χ0) is 22.3. The summed E-state index contributed by atoms with van der Waals surface area (Å²) in [5, 5.41) is 20.2. The minimum Gasteiger partial charge on any atom is -0.455 e. The molecule has 0 aromatic rings. The van der Waals surface area contributed by atoms with Crippen LogP contribution in [-0.4, -0.2) is 34.5 Å². The average molecular weight is 427 g/mol. The van der Waals surface area contributed by atoms with E-state index in [0.717, 1.165) is 29.6 Å². The zero-order valence-electron chi connectivity index (χ0n) is 19.3.